The van der Waals surface area contributed by atoms with Crippen LogP contribution in [-0.2, 0) is 4.79 Å². The van der Waals surface area contributed by atoms with E-state index in [0.29, 0.717) is 18.3 Å². The number of amides is 1. The third kappa shape index (κ3) is 3.98. The molecule has 0 saturated heterocycles. The largest absolute Gasteiger partial charge is 0.496 e. The van der Waals surface area contributed by atoms with Gasteiger partial charge in [-0.2, -0.15) is 0 Å². The number of carbonyl (C=O) groups excluding carboxylic acids is 1. The van der Waals surface area contributed by atoms with Crippen LogP contribution in [0.5, 0.6) is 5.75 Å². The van der Waals surface area contributed by atoms with Crippen molar-refractivity contribution in [2.75, 3.05) is 7.11 Å². The van der Waals surface area contributed by atoms with E-state index in [0.717, 1.165) is 5.75 Å². The summed E-state index contributed by atoms with van der Waals surface area (Å²) in [6.45, 7) is 8.51. The van der Waals surface area contributed by atoms with Gasteiger partial charge in [-0.05, 0) is 34.9 Å². The lowest BCUT2D eigenvalue weighted by atomic mass is 9.84. The lowest BCUT2D eigenvalue weighted by Gasteiger charge is -2.22. The molecule has 0 aliphatic heterocycles. The van der Waals surface area contributed by atoms with Crippen molar-refractivity contribution in [2.24, 2.45) is 11.7 Å². The zero-order valence-corrected chi connectivity index (χ0v) is 12.6. The van der Waals surface area contributed by atoms with E-state index in [2.05, 4.69) is 33.8 Å². The van der Waals surface area contributed by atoms with Crippen molar-refractivity contribution in [2.45, 2.75) is 46.0 Å². The van der Waals surface area contributed by atoms with E-state index in [4.69, 9.17) is 10.5 Å². The van der Waals surface area contributed by atoms with Gasteiger partial charge in [-0.15, -0.1) is 0 Å². The summed E-state index contributed by atoms with van der Waals surface area (Å²) >= 11 is 0. The van der Waals surface area contributed by atoms with Gasteiger partial charge in [0.05, 0.1) is 7.11 Å². The summed E-state index contributed by atoms with van der Waals surface area (Å²) in [6.07, 6.45) is 0.390. The van der Waals surface area contributed by atoms with E-state index < -0.39 is 0 Å². The smallest absolute Gasteiger partial charge is 0.218 e. The first-order valence-electron chi connectivity index (χ1n) is 6.83. The summed E-state index contributed by atoms with van der Waals surface area (Å²) in [6, 6.07) is 6.18. The van der Waals surface area contributed by atoms with Gasteiger partial charge in [0.15, 0.2) is 0 Å². The predicted molar refractivity (Wildman–Crippen MR) is 78.5 cm³/mol. The maximum Gasteiger partial charge on any atom is 0.218 e. The summed E-state index contributed by atoms with van der Waals surface area (Å²) in [5.74, 6) is 1.58. The van der Waals surface area contributed by atoms with Gasteiger partial charge in [-0.1, -0.05) is 39.8 Å². The van der Waals surface area contributed by atoms with E-state index in [1.54, 1.807) is 7.11 Å². The standard InChI is InChI=1S/C16H25NO2/c1-10(2)13(9-16(17)18)12-6-7-15(19-5)14(8-12)11(3)4/h6-8,10-11,13H,9H2,1-5H3,(H2,17,18). The van der Waals surface area contributed by atoms with Crippen LogP contribution in [0.2, 0.25) is 0 Å². The van der Waals surface area contributed by atoms with E-state index in [9.17, 15) is 4.79 Å². The Morgan fingerprint density at radius 3 is 2.32 bits per heavy atom. The first-order valence-corrected chi connectivity index (χ1v) is 6.83. The lowest BCUT2D eigenvalue weighted by molar-refractivity contribution is -0.118. The molecule has 106 valence electrons. The third-order valence-electron chi connectivity index (χ3n) is 3.53. The van der Waals surface area contributed by atoms with Gasteiger partial charge in [0.1, 0.15) is 5.75 Å². The molecule has 0 aliphatic rings. The van der Waals surface area contributed by atoms with Crippen LogP contribution in [0.4, 0.5) is 0 Å². The van der Waals surface area contributed by atoms with E-state index in [-0.39, 0.29) is 11.8 Å². The molecular weight excluding hydrogens is 238 g/mol. The Hall–Kier alpha value is -1.51. The Balaban J connectivity index is 3.17. The third-order valence-corrected chi connectivity index (χ3v) is 3.53. The highest BCUT2D eigenvalue weighted by molar-refractivity contribution is 5.74. The van der Waals surface area contributed by atoms with Crippen LogP contribution < -0.4 is 10.5 Å². The van der Waals surface area contributed by atoms with E-state index in [1.165, 1.54) is 11.1 Å². The van der Waals surface area contributed by atoms with Gasteiger partial charge in [0.25, 0.3) is 0 Å². The second-order valence-corrected chi connectivity index (χ2v) is 5.68. The molecular formula is C16H25NO2. The van der Waals surface area contributed by atoms with E-state index >= 15 is 0 Å². The predicted octanol–water partition coefficient (Wildman–Crippen LogP) is 3.43. The molecule has 3 nitrogen and oxygen atoms in total. The molecule has 1 rings (SSSR count). The molecule has 1 atom stereocenters. The van der Waals surface area contributed by atoms with E-state index in [1.807, 2.05) is 12.1 Å². The summed E-state index contributed by atoms with van der Waals surface area (Å²) in [5.41, 5.74) is 7.70. The molecule has 3 heteroatoms. The molecule has 1 aromatic carbocycles. The molecule has 0 spiro atoms. The first-order chi connectivity index (χ1) is 8.86. The number of rotatable bonds is 6. The molecule has 1 unspecified atom stereocenters. The first kappa shape index (κ1) is 15.5. The fourth-order valence-corrected chi connectivity index (χ4v) is 2.39. The van der Waals surface area contributed by atoms with Crippen LogP contribution in [0, 0.1) is 5.92 Å². The summed E-state index contributed by atoms with van der Waals surface area (Å²) in [7, 11) is 1.68. The Morgan fingerprint density at radius 1 is 1.26 bits per heavy atom. The monoisotopic (exact) mass is 263 g/mol. The molecule has 0 fully saturated rings. The van der Waals surface area contributed by atoms with Crippen molar-refractivity contribution < 1.29 is 9.53 Å². The summed E-state index contributed by atoms with van der Waals surface area (Å²) in [4.78, 5) is 11.2. The van der Waals surface area contributed by atoms with Gasteiger partial charge in [0.2, 0.25) is 5.91 Å². The number of ether oxygens (including phenoxy) is 1. The minimum absolute atomic E-state index is 0.168. The van der Waals surface area contributed by atoms with Crippen molar-refractivity contribution in [3.8, 4) is 5.75 Å². The van der Waals surface area contributed by atoms with Gasteiger partial charge in [-0.25, -0.2) is 0 Å². The number of hydrogen-bond donors (Lipinski definition) is 1. The zero-order chi connectivity index (χ0) is 14.6. The molecule has 0 bridgehead atoms. The second-order valence-electron chi connectivity index (χ2n) is 5.68. The molecule has 1 aromatic rings. The van der Waals surface area contributed by atoms with Crippen molar-refractivity contribution in [1.29, 1.82) is 0 Å². The number of primary amides is 1. The molecule has 0 saturated carbocycles. The molecule has 1 amide bonds. The van der Waals surface area contributed by atoms with Crippen LogP contribution in [0.25, 0.3) is 0 Å². The minimum atomic E-state index is -0.249. The van der Waals surface area contributed by atoms with Crippen molar-refractivity contribution in [3.05, 3.63) is 29.3 Å². The average molecular weight is 263 g/mol. The SMILES string of the molecule is COc1ccc(C(CC(N)=O)C(C)C)cc1C(C)C. The number of carbonyl (C=O) groups is 1. The summed E-state index contributed by atoms with van der Waals surface area (Å²) < 4.78 is 5.39. The fourth-order valence-electron chi connectivity index (χ4n) is 2.39. The quantitative estimate of drug-likeness (QED) is 0.854. The number of hydrogen-bond acceptors (Lipinski definition) is 2. The van der Waals surface area contributed by atoms with Gasteiger partial charge in [0, 0.05) is 6.42 Å². The normalized spacial score (nSPS) is 12.8. The van der Waals surface area contributed by atoms with Crippen LogP contribution in [0.3, 0.4) is 0 Å². The molecule has 0 radical (unpaired) electrons. The number of nitrogens with two attached hydrogens (primary N) is 1. The fraction of sp³-hybridized carbons (Fsp3) is 0.562. The maximum atomic E-state index is 11.2. The van der Waals surface area contributed by atoms with Crippen molar-refractivity contribution in [1.82, 2.24) is 0 Å². The number of benzene rings is 1. The Kier molecular flexibility index (Phi) is 5.40. The molecule has 0 heterocycles. The van der Waals surface area contributed by atoms with Crippen LogP contribution in [-0.4, -0.2) is 13.0 Å². The van der Waals surface area contributed by atoms with Gasteiger partial charge >= 0.3 is 0 Å². The Morgan fingerprint density at radius 2 is 1.89 bits per heavy atom. The molecule has 19 heavy (non-hydrogen) atoms. The molecule has 0 aliphatic carbocycles. The van der Waals surface area contributed by atoms with Gasteiger partial charge < -0.3 is 10.5 Å². The van der Waals surface area contributed by atoms with Crippen LogP contribution in [0.1, 0.15) is 57.1 Å². The highest BCUT2D eigenvalue weighted by Gasteiger charge is 2.20. The van der Waals surface area contributed by atoms with Crippen molar-refractivity contribution in [3.63, 3.8) is 0 Å². The second kappa shape index (κ2) is 6.60. The molecule has 2 N–H and O–H groups in total. The topological polar surface area (TPSA) is 52.3 Å². The molecule has 0 aromatic heterocycles. The lowest BCUT2D eigenvalue weighted by Crippen LogP contribution is -2.18. The van der Waals surface area contributed by atoms with Gasteiger partial charge in [-0.3, -0.25) is 4.79 Å². The highest BCUT2D eigenvalue weighted by atomic mass is 16.5. The number of methoxy groups -OCH3 is 1. The van der Waals surface area contributed by atoms with Crippen LogP contribution >= 0.6 is 0 Å². The average Bonchev–Trinajstić information content (AvgIpc) is 2.34. The highest BCUT2D eigenvalue weighted by Crippen LogP contribution is 2.34. The Labute approximate surface area is 116 Å². The van der Waals surface area contributed by atoms with Crippen molar-refractivity contribution >= 4 is 5.91 Å². The Bertz CT molecular complexity index is 438. The minimum Gasteiger partial charge on any atom is -0.496 e. The van der Waals surface area contributed by atoms with Crippen LogP contribution in [0.15, 0.2) is 18.2 Å². The zero-order valence-electron chi connectivity index (χ0n) is 12.6. The maximum absolute atomic E-state index is 11.2. The summed E-state index contributed by atoms with van der Waals surface area (Å²) in [5, 5.41) is 0.